The molecule has 0 atom stereocenters. The van der Waals surface area contributed by atoms with Gasteiger partial charge in [0, 0.05) is 25.2 Å². The molecule has 1 aromatic rings. The van der Waals surface area contributed by atoms with Gasteiger partial charge in [0.15, 0.2) is 11.6 Å². The third kappa shape index (κ3) is 3.76. The van der Waals surface area contributed by atoms with E-state index in [9.17, 15) is 9.18 Å². The summed E-state index contributed by atoms with van der Waals surface area (Å²) in [6, 6.07) is 4.25. The summed E-state index contributed by atoms with van der Waals surface area (Å²) in [5.41, 5.74) is 5.75. The lowest BCUT2D eigenvalue weighted by Crippen LogP contribution is -2.18. The van der Waals surface area contributed by atoms with Crippen molar-refractivity contribution in [2.24, 2.45) is 0 Å². The van der Waals surface area contributed by atoms with Crippen molar-refractivity contribution in [1.29, 1.82) is 0 Å². The zero-order valence-corrected chi connectivity index (χ0v) is 9.13. The molecule has 88 valence electrons. The second kappa shape index (κ2) is 5.95. The lowest BCUT2D eigenvalue weighted by Gasteiger charge is -2.07. The lowest BCUT2D eigenvalue weighted by molar-refractivity contribution is -0.120. The predicted molar refractivity (Wildman–Crippen MR) is 59.6 cm³/mol. The number of nitrogen functional groups attached to an aromatic ring is 1. The van der Waals surface area contributed by atoms with Crippen molar-refractivity contribution in [2.45, 2.75) is 12.8 Å². The molecule has 0 saturated heterocycles. The zero-order chi connectivity index (χ0) is 12.0. The highest BCUT2D eigenvalue weighted by atomic mass is 19.1. The fourth-order valence-electron chi connectivity index (χ4n) is 1.17. The van der Waals surface area contributed by atoms with E-state index in [2.05, 4.69) is 5.32 Å². The largest absolute Gasteiger partial charge is 0.491 e. The Hall–Kier alpha value is -1.78. The number of carbonyl (C=O) groups excluding carboxylic acids is 1. The molecule has 0 aromatic heterocycles. The SMILES string of the molecule is CNC(=O)CCCOc1ccc(N)cc1F. The van der Waals surface area contributed by atoms with Crippen molar-refractivity contribution in [3.63, 3.8) is 0 Å². The van der Waals surface area contributed by atoms with Gasteiger partial charge in [0.05, 0.1) is 6.61 Å². The average molecular weight is 226 g/mol. The van der Waals surface area contributed by atoms with Crippen LogP contribution in [0.3, 0.4) is 0 Å². The number of carbonyl (C=O) groups is 1. The second-order valence-electron chi connectivity index (χ2n) is 3.32. The van der Waals surface area contributed by atoms with Crippen molar-refractivity contribution < 1.29 is 13.9 Å². The number of hydrogen-bond acceptors (Lipinski definition) is 3. The molecule has 0 heterocycles. The minimum atomic E-state index is -0.486. The molecule has 0 radical (unpaired) electrons. The van der Waals surface area contributed by atoms with E-state index >= 15 is 0 Å². The first-order valence-corrected chi connectivity index (χ1v) is 5.02. The highest BCUT2D eigenvalue weighted by molar-refractivity contribution is 5.75. The molecule has 0 spiro atoms. The molecular weight excluding hydrogens is 211 g/mol. The Labute approximate surface area is 93.6 Å². The lowest BCUT2D eigenvalue weighted by atomic mass is 10.3. The molecule has 1 amide bonds. The normalized spacial score (nSPS) is 9.88. The molecule has 0 fully saturated rings. The Balaban J connectivity index is 2.35. The number of ether oxygens (including phenoxy) is 1. The van der Waals surface area contributed by atoms with Crippen LogP contribution in [0.2, 0.25) is 0 Å². The third-order valence-electron chi connectivity index (χ3n) is 2.04. The molecule has 0 saturated carbocycles. The van der Waals surface area contributed by atoms with Gasteiger partial charge in [0.25, 0.3) is 0 Å². The molecule has 0 aliphatic rings. The van der Waals surface area contributed by atoms with E-state index in [0.29, 0.717) is 25.1 Å². The third-order valence-corrected chi connectivity index (χ3v) is 2.04. The first-order chi connectivity index (χ1) is 7.63. The molecule has 0 bridgehead atoms. The topological polar surface area (TPSA) is 64.3 Å². The summed E-state index contributed by atoms with van der Waals surface area (Å²) >= 11 is 0. The van der Waals surface area contributed by atoms with Crippen LogP contribution in [-0.2, 0) is 4.79 Å². The molecule has 16 heavy (non-hydrogen) atoms. The summed E-state index contributed by atoms with van der Waals surface area (Å²) < 4.78 is 18.4. The molecule has 1 rings (SSSR count). The van der Waals surface area contributed by atoms with Gasteiger partial charge in [-0.1, -0.05) is 0 Å². The van der Waals surface area contributed by atoms with Crippen LogP contribution in [0.5, 0.6) is 5.75 Å². The van der Waals surface area contributed by atoms with Gasteiger partial charge in [-0.05, 0) is 18.6 Å². The van der Waals surface area contributed by atoms with E-state index in [1.165, 1.54) is 12.1 Å². The Morgan fingerprint density at radius 3 is 2.94 bits per heavy atom. The van der Waals surface area contributed by atoms with Crippen molar-refractivity contribution in [2.75, 3.05) is 19.4 Å². The van der Waals surface area contributed by atoms with Crippen molar-refractivity contribution >= 4 is 11.6 Å². The minimum Gasteiger partial charge on any atom is -0.491 e. The molecule has 0 aliphatic carbocycles. The molecule has 5 heteroatoms. The Morgan fingerprint density at radius 2 is 2.31 bits per heavy atom. The van der Waals surface area contributed by atoms with E-state index in [1.807, 2.05) is 0 Å². The Bertz CT molecular complexity index is 369. The molecule has 3 N–H and O–H groups in total. The summed E-state index contributed by atoms with van der Waals surface area (Å²) in [4.78, 5) is 10.9. The van der Waals surface area contributed by atoms with Crippen LogP contribution >= 0.6 is 0 Å². The van der Waals surface area contributed by atoms with Crippen LogP contribution in [0.4, 0.5) is 10.1 Å². The van der Waals surface area contributed by atoms with Gasteiger partial charge in [-0.2, -0.15) is 0 Å². The average Bonchev–Trinajstić information content (AvgIpc) is 2.26. The number of amides is 1. The molecular formula is C11H15FN2O2. The maximum Gasteiger partial charge on any atom is 0.219 e. The number of benzene rings is 1. The standard InChI is InChI=1S/C11H15FN2O2/c1-14-11(15)3-2-6-16-10-5-4-8(13)7-9(10)12/h4-5,7H,2-3,6,13H2,1H3,(H,14,15). The van der Waals surface area contributed by atoms with Crippen LogP contribution < -0.4 is 15.8 Å². The van der Waals surface area contributed by atoms with Crippen molar-refractivity contribution in [3.8, 4) is 5.75 Å². The van der Waals surface area contributed by atoms with Crippen LogP contribution in [0, 0.1) is 5.82 Å². The zero-order valence-electron chi connectivity index (χ0n) is 9.13. The van der Waals surface area contributed by atoms with Crippen molar-refractivity contribution in [1.82, 2.24) is 5.32 Å². The fraction of sp³-hybridized carbons (Fsp3) is 0.364. The summed E-state index contributed by atoms with van der Waals surface area (Å²) in [5, 5.41) is 2.50. The van der Waals surface area contributed by atoms with Crippen LogP contribution in [0.25, 0.3) is 0 Å². The number of anilines is 1. The predicted octanol–water partition coefficient (Wildman–Crippen LogP) is 1.31. The smallest absolute Gasteiger partial charge is 0.219 e. The first-order valence-electron chi connectivity index (χ1n) is 5.02. The van der Waals surface area contributed by atoms with Gasteiger partial charge >= 0.3 is 0 Å². The monoisotopic (exact) mass is 226 g/mol. The van der Waals surface area contributed by atoms with Crippen LogP contribution in [0.1, 0.15) is 12.8 Å². The number of nitrogens with two attached hydrogens (primary N) is 1. The molecule has 0 aliphatic heterocycles. The molecule has 0 unspecified atom stereocenters. The van der Waals surface area contributed by atoms with E-state index < -0.39 is 5.82 Å². The number of hydrogen-bond donors (Lipinski definition) is 2. The van der Waals surface area contributed by atoms with Crippen LogP contribution in [0.15, 0.2) is 18.2 Å². The molecule has 1 aromatic carbocycles. The Morgan fingerprint density at radius 1 is 1.56 bits per heavy atom. The Kier molecular flexibility index (Phi) is 4.57. The second-order valence-corrected chi connectivity index (χ2v) is 3.32. The first kappa shape index (κ1) is 12.3. The van der Waals surface area contributed by atoms with Gasteiger partial charge in [-0.15, -0.1) is 0 Å². The summed E-state index contributed by atoms with van der Waals surface area (Å²) in [7, 11) is 1.57. The quantitative estimate of drug-likeness (QED) is 0.587. The van der Waals surface area contributed by atoms with E-state index in [4.69, 9.17) is 10.5 Å². The summed E-state index contributed by atoms with van der Waals surface area (Å²) in [6.07, 6.45) is 0.913. The minimum absolute atomic E-state index is 0.0543. The van der Waals surface area contributed by atoms with Crippen molar-refractivity contribution in [3.05, 3.63) is 24.0 Å². The number of nitrogens with one attached hydrogen (secondary N) is 1. The summed E-state index contributed by atoms with van der Waals surface area (Å²) in [5.74, 6) is -0.382. The maximum absolute atomic E-state index is 13.2. The van der Waals surface area contributed by atoms with Gasteiger partial charge in [-0.3, -0.25) is 4.79 Å². The highest BCUT2D eigenvalue weighted by Crippen LogP contribution is 2.19. The van der Waals surface area contributed by atoms with E-state index in [-0.39, 0.29) is 11.7 Å². The van der Waals surface area contributed by atoms with Gasteiger partial charge in [0.1, 0.15) is 0 Å². The van der Waals surface area contributed by atoms with Gasteiger partial charge in [-0.25, -0.2) is 4.39 Å². The van der Waals surface area contributed by atoms with Gasteiger partial charge in [0.2, 0.25) is 5.91 Å². The summed E-state index contributed by atoms with van der Waals surface area (Å²) in [6.45, 7) is 0.300. The highest BCUT2D eigenvalue weighted by Gasteiger charge is 2.04. The van der Waals surface area contributed by atoms with Gasteiger partial charge < -0.3 is 15.8 Å². The van der Waals surface area contributed by atoms with E-state index in [1.54, 1.807) is 13.1 Å². The van der Waals surface area contributed by atoms with E-state index in [0.717, 1.165) is 0 Å². The molecule has 4 nitrogen and oxygen atoms in total. The number of rotatable bonds is 5. The number of halogens is 1. The maximum atomic E-state index is 13.2. The fourth-order valence-corrected chi connectivity index (χ4v) is 1.17. The van der Waals surface area contributed by atoms with Crippen LogP contribution in [-0.4, -0.2) is 19.6 Å².